The molecule has 1 saturated heterocycles. The largest absolute Gasteiger partial charge is 0.300 e. The number of anilines is 1. The van der Waals surface area contributed by atoms with E-state index in [1.165, 1.54) is 24.8 Å². The van der Waals surface area contributed by atoms with Crippen LogP contribution in [0.1, 0.15) is 54.6 Å². The predicted octanol–water partition coefficient (Wildman–Crippen LogP) is 3.19. The van der Waals surface area contributed by atoms with E-state index in [0.29, 0.717) is 5.56 Å². The lowest BCUT2D eigenvalue weighted by Gasteiger charge is -2.40. The third-order valence-corrected chi connectivity index (χ3v) is 5.53. The van der Waals surface area contributed by atoms with Crippen molar-refractivity contribution in [2.75, 3.05) is 24.5 Å². The highest BCUT2D eigenvalue weighted by molar-refractivity contribution is 6.53. The zero-order valence-corrected chi connectivity index (χ0v) is 14.7. The first-order valence-corrected chi connectivity index (χ1v) is 8.87. The number of nitrogens with zero attached hydrogens (tertiary/aromatic N) is 2. The van der Waals surface area contributed by atoms with Gasteiger partial charge in [0.25, 0.3) is 11.7 Å². The third kappa shape index (κ3) is 2.16. The Kier molecular flexibility index (Phi) is 3.43. The summed E-state index contributed by atoms with van der Waals surface area (Å²) in [7, 11) is 0. The van der Waals surface area contributed by atoms with E-state index in [1.807, 2.05) is 26.8 Å². The molecule has 3 aliphatic heterocycles. The first kappa shape index (κ1) is 15.6. The standard InChI is InChI=1S/C20H24N2O2/c1-13-7-8-15-14(12-21-9-5-4-6-10-21)11-20(2,3)22-17(15)16(13)18(23)19(22)24/h7-8,11H,4-6,9-10,12H2,1-3H3. The van der Waals surface area contributed by atoms with Gasteiger partial charge in [-0.15, -0.1) is 0 Å². The minimum Gasteiger partial charge on any atom is -0.299 e. The Hall–Kier alpha value is -1.94. The van der Waals surface area contributed by atoms with E-state index in [0.717, 1.165) is 36.4 Å². The molecule has 1 aromatic rings. The summed E-state index contributed by atoms with van der Waals surface area (Å²) in [5.41, 5.74) is 4.17. The summed E-state index contributed by atoms with van der Waals surface area (Å²) in [6.45, 7) is 9.12. The Morgan fingerprint density at radius 3 is 2.50 bits per heavy atom. The average molecular weight is 324 g/mol. The van der Waals surface area contributed by atoms with Gasteiger partial charge >= 0.3 is 0 Å². The van der Waals surface area contributed by atoms with Gasteiger partial charge < -0.3 is 0 Å². The van der Waals surface area contributed by atoms with Crippen molar-refractivity contribution >= 4 is 23.0 Å². The second-order valence-electron chi connectivity index (χ2n) is 7.78. The molecule has 1 fully saturated rings. The number of Topliss-reactive ketones (excluding diaryl/α,β-unsaturated/α-hetero) is 1. The minimum atomic E-state index is -0.468. The molecule has 0 aromatic heterocycles. The summed E-state index contributed by atoms with van der Waals surface area (Å²) < 4.78 is 0. The maximum Gasteiger partial charge on any atom is 0.300 e. The van der Waals surface area contributed by atoms with Crippen molar-refractivity contribution < 1.29 is 9.59 Å². The summed E-state index contributed by atoms with van der Waals surface area (Å²) in [6, 6.07) is 4.06. The van der Waals surface area contributed by atoms with Crippen molar-refractivity contribution in [3.8, 4) is 0 Å². The van der Waals surface area contributed by atoms with Crippen LogP contribution in [-0.2, 0) is 4.79 Å². The molecule has 4 heteroatoms. The zero-order valence-electron chi connectivity index (χ0n) is 14.7. The minimum absolute atomic E-state index is 0.356. The molecule has 0 saturated carbocycles. The topological polar surface area (TPSA) is 40.6 Å². The Morgan fingerprint density at radius 2 is 1.79 bits per heavy atom. The maximum atomic E-state index is 12.6. The van der Waals surface area contributed by atoms with E-state index in [2.05, 4.69) is 17.0 Å². The molecule has 0 N–H and O–H groups in total. The number of amides is 1. The summed E-state index contributed by atoms with van der Waals surface area (Å²) in [5, 5.41) is 0. The van der Waals surface area contributed by atoms with Crippen molar-refractivity contribution in [1.29, 1.82) is 0 Å². The summed E-state index contributed by atoms with van der Waals surface area (Å²) >= 11 is 0. The normalized spacial score (nSPS) is 22.6. The second-order valence-corrected chi connectivity index (χ2v) is 7.78. The fraction of sp³-hybridized carbons (Fsp3) is 0.500. The monoisotopic (exact) mass is 324 g/mol. The van der Waals surface area contributed by atoms with Crippen LogP contribution in [-0.4, -0.2) is 41.8 Å². The number of likely N-dealkylation sites (tertiary alicyclic amines) is 1. The van der Waals surface area contributed by atoms with Crippen LogP contribution in [0, 0.1) is 6.92 Å². The van der Waals surface area contributed by atoms with Gasteiger partial charge in [-0.25, -0.2) is 0 Å². The molecule has 0 aliphatic carbocycles. The highest BCUT2D eigenvalue weighted by Gasteiger charge is 2.47. The number of hydrogen-bond donors (Lipinski definition) is 0. The van der Waals surface area contributed by atoms with Crippen LogP contribution in [0.25, 0.3) is 5.57 Å². The van der Waals surface area contributed by atoms with E-state index in [4.69, 9.17) is 0 Å². The number of carbonyl (C=O) groups is 2. The van der Waals surface area contributed by atoms with Crippen molar-refractivity contribution in [3.63, 3.8) is 0 Å². The molecule has 126 valence electrons. The lowest BCUT2D eigenvalue weighted by molar-refractivity contribution is -0.115. The molecule has 1 amide bonds. The summed E-state index contributed by atoms with van der Waals surface area (Å²) in [5.74, 6) is -0.746. The van der Waals surface area contributed by atoms with Gasteiger partial charge in [0.05, 0.1) is 16.8 Å². The van der Waals surface area contributed by atoms with Crippen LogP contribution in [0.3, 0.4) is 0 Å². The van der Waals surface area contributed by atoms with Crippen molar-refractivity contribution in [2.24, 2.45) is 0 Å². The molecular weight excluding hydrogens is 300 g/mol. The number of aryl methyl sites for hydroxylation is 1. The van der Waals surface area contributed by atoms with E-state index in [1.54, 1.807) is 4.90 Å². The molecule has 0 bridgehead atoms. The summed E-state index contributed by atoms with van der Waals surface area (Å²) in [4.78, 5) is 29.3. The molecular formula is C20H24N2O2. The van der Waals surface area contributed by atoms with Gasteiger partial charge in [0.1, 0.15) is 0 Å². The van der Waals surface area contributed by atoms with Crippen LogP contribution in [0.15, 0.2) is 18.2 Å². The molecule has 1 aromatic carbocycles. The van der Waals surface area contributed by atoms with Gasteiger partial charge in [0, 0.05) is 12.1 Å². The highest BCUT2D eigenvalue weighted by atomic mass is 16.2. The summed E-state index contributed by atoms with van der Waals surface area (Å²) in [6.07, 6.45) is 6.01. The SMILES string of the molecule is Cc1ccc2c3c1C(=O)C(=O)N3C(C)(C)C=C2CN1CCCCC1. The molecule has 0 unspecified atom stereocenters. The number of piperidine rings is 1. The van der Waals surface area contributed by atoms with Crippen LogP contribution in [0.5, 0.6) is 0 Å². The fourth-order valence-corrected chi connectivity index (χ4v) is 4.39. The molecule has 0 atom stereocenters. The number of benzene rings is 1. The lowest BCUT2D eigenvalue weighted by atomic mass is 9.87. The van der Waals surface area contributed by atoms with Crippen molar-refractivity contribution in [3.05, 3.63) is 34.9 Å². The van der Waals surface area contributed by atoms with Gasteiger partial charge in [-0.3, -0.25) is 19.4 Å². The van der Waals surface area contributed by atoms with Crippen LogP contribution in [0.4, 0.5) is 5.69 Å². The van der Waals surface area contributed by atoms with Crippen molar-refractivity contribution in [2.45, 2.75) is 45.6 Å². The molecule has 3 heterocycles. The van der Waals surface area contributed by atoms with Gasteiger partial charge in [0.15, 0.2) is 0 Å². The van der Waals surface area contributed by atoms with Gasteiger partial charge in [-0.1, -0.05) is 24.6 Å². The first-order valence-electron chi connectivity index (χ1n) is 8.87. The number of ketones is 1. The average Bonchev–Trinajstić information content (AvgIpc) is 2.81. The second kappa shape index (κ2) is 5.28. The number of carbonyl (C=O) groups excluding carboxylic acids is 2. The Labute approximate surface area is 143 Å². The van der Waals surface area contributed by atoms with E-state index < -0.39 is 5.54 Å². The lowest BCUT2D eigenvalue weighted by Crippen LogP contribution is -2.48. The number of hydrogen-bond acceptors (Lipinski definition) is 3. The molecule has 3 aliphatic rings. The number of rotatable bonds is 2. The van der Waals surface area contributed by atoms with Gasteiger partial charge in [-0.05, 0) is 57.8 Å². The fourth-order valence-electron chi connectivity index (χ4n) is 4.39. The molecule has 4 nitrogen and oxygen atoms in total. The van der Waals surface area contributed by atoms with E-state index in [9.17, 15) is 9.59 Å². The maximum absolute atomic E-state index is 12.6. The molecule has 24 heavy (non-hydrogen) atoms. The van der Waals surface area contributed by atoms with Crippen LogP contribution < -0.4 is 4.90 Å². The van der Waals surface area contributed by atoms with Crippen molar-refractivity contribution in [1.82, 2.24) is 4.90 Å². The smallest absolute Gasteiger partial charge is 0.299 e. The molecule has 0 radical (unpaired) electrons. The Bertz CT molecular complexity index is 770. The zero-order chi connectivity index (χ0) is 17.1. The first-order chi connectivity index (χ1) is 11.4. The molecule has 4 rings (SSSR count). The Morgan fingerprint density at radius 1 is 1.08 bits per heavy atom. The third-order valence-electron chi connectivity index (χ3n) is 5.53. The quantitative estimate of drug-likeness (QED) is 0.785. The van der Waals surface area contributed by atoms with Gasteiger partial charge in [-0.2, -0.15) is 0 Å². The predicted molar refractivity (Wildman–Crippen MR) is 95.3 cm³/mol. The van der Waals surface area contributed by atoms with Gasteiger partial charge in [0.2, 0.25) is 0 Å². The highest BCUT2D eigenvalue weighted by Crippen LogP contribution is 2.46. The van der Waals surface area contributed by atoms with E-state index >= 15 is 0 Å². The Balaban J connectivity index is 1.83. The van der Waals surface area contributed by atoms with E-state index in [-0.39, 0.29) is 11.7 Å². The molecule has 0 spiro atoms. The van der Waals surface area contributed by atoms with Crippen LogP contribution >= 0.6 is 0 Å². The van der Waals surface area contributed by atoms with Crippen LogP contribution in [0.2, 0.25) is 0 Å².